The van der Waals surface area contributed by atoms with Crippen molar-refractivity contribution in [1.29, 1.82) is 0 Å². The summed E-state index contributed by atoms with van der Waals surface area (Å²) in [7, 11) is 1.54. The van der Waals surface area contributed by atoms with E-state index in [1.807, 2.05) is 28.5 Å². The van der Waals surface area contributed by atoms with Crippen molar-refractivity contribution in [2.24, 2.45) is 5.92 Å². The normalized spacial score (nSPS) is 20.2. The molecule has 0 aliphatic carbocycles. The highest BCUT2D eigenvalue weighted by atomic mass is 32.1. The lowest BCUT2D eigenvalue weighted by Crippen LogP contribution is -2.49. The molecule has 8 heteroatoms. The van der Waals surface area contributed by atoms with Gasteiger partial charge in [-0.15, -0.1) is 11.3 Å². The zero-order valence-electron chi connectivity index (χ0n) is 16.4. The Morgan fingerprint density at radius 3 is 2.86 bits per heavy atom. The van der Waals surface area contributed by atoms with Gasteiger partial charge in [0.15, 0.2) is 0 Å². The number of anilines is 1. The average molecular weight is 416 g/mol. The number of carbonyl (C=O) groups is 2. The Bertz CT molecular complexity index is 953. The van der Waals surface area contributed by atoms with Crippen LogP contribution in [0.25, 0.3) is 0 Å². The van der Waals surface area contributed by atoms with Gasteiger partial charge in [-0.2, -0.15) is 0 Å². The number of nitrogens with one attached hydrogen (secondary N) is 1. The van der Waals surface area contributed by atoms with E-state index >= 15 is 0 Å². The summed E-state index contributed by atoms with van der Waals surface area (Å²) in [6.45, 7) is 2.21. The number of piperidine rings is 1. The standard InChI is InChI=1S/C21H25N3O4S/c1-28-7-6-19(25)22-17-4-5-18-15-9-14(12-24(18)21(17)27)11-23(13-15)20(26)10-16-3-2-8-29-16/h2-5,8,14-15H,6-7,9-13H2,1H3,(H,22,25). The van der Waals surface area contributed by atoms with Crippen molar-refractivity contribution in [3.05, 3.63) is 50.6 Å². The van der Waals surface area contributed by atoms with Crippen molar-refractivity contribution < 1.29 is 14.3 Å². The van der Waals surface area contributed by atoms with Crippen molar-refractivity contribution in [1.82, 2.24) is 9.47 Å². The molecule has 0 aromatic carbocycles. The number of thiophene rings is 1. The van der Waals surface area contributed by atoms with Crippen LogP contribution in [0.2, 0.25) is 0 Å². The highest BCUT2D eigenvalue weighted by molar-refractivity contribution is 7.10. The van der Waals surface area contributed by atoms with Crippen molar-refractivity contribution in [2.45, 2.75) is 31.7 Å². The summed E-state index contributed by atoms with van der Waals surface area (Å²) in [6, 6.07) is 7.56. The number of aromatic nitrogens is 1. The number of carbonyl (C=O) groups excluding carboxylic acids is 2. The Hall–Kier alpha value is -2.45. The molecule has 0 spiro atoms. The minimum absolute atomic E-state index is 0.153. The second-order valence-corrected chi connectivity index (χ2v) is 8.76. The highest BCUT2D eigenvalue weighted by Gasteiger charge is 2.36. The van der Waals surface area contributed by atoms with Crippen LogP contribution in [0, 0.1) is 5.92 Å². The number of nitrogens with zero attached hydrogens (tertiary/aromatic N) is 2. The fourth-order valence-corrected chi connectivity index (χ4v) is 5.02. The molecule has 29 heavy (non-hydrogen) atoms. The third-order valence-electron chi connectivity index (χ3n) is 5.67. The fraction of sp³-hybridized carbons (Fsp3) is 0.476. The average Bonchev–Trinajstić information content (AvgIpc) is 3.21. The van der Waals surface area contributed by atoms with E-state index in [1.54, 1.807) is 22.0 Å². The minimum atomic E-state index is -0.231. The third-order valence-corrected chi connectivity index (χ3v) is 6.55. The van der Waals surface area contributed by atoms with Gasteiger partial charge in [0.05, 0.1) is 19.4 Å². The van der Waals surface area contributed by atoms with E-state index in [0.717, 1.165) is 17.0 Å². The number of fused-ring (bicyclic) bond motifs is 4. The molecule has 2 bridgehead atoms. The Labute approximate surface area is 173 Å². The zero-order valence-corrected chi connectivity index (χ0v) is 17.2. The lowest BCUT2D eigenvalue weighted by molar-refractivity contribution is -0.133. The zero-order chi connectivity index (χ0) is 20.4. The number of ether oxygens (including phenoxy) is 1. The van der Waals surface area contributed by atoms with Crippen molar-refractivity contribution >= 4 is 28.8 Å². The first-order chi connectivity index (χ1) is 14.0. The van der Waals surface area contributed by atoms with Crippen molar-refractivity contribution in [2.75, 3.05) is 32.1 Å². The predicted molar refractivity (Wildman–Crippen MR) is 111 cm³/mol. The molecule has 0 saturated carbocycles. The molecule has 1 N–H and O–H groups in total. The maximum atomic E-state index is 12.9. The predicted octanol–water partition coefficient (Wildman–Crippen LogP) is 2.07. The molecule has 2 aromatic rings. The van der Waals surface area contributed by atoms with Gasteiger partial charge in [-0.05, 0) is 35.9 Å². The number of methoxy groups -OCH3 is 1. The van der Waals surface area contributed by atoms with Crippen LogP contribution in [0.15, 0.2) is 34.4 Å². The summed E-state index contributed by atoms with van der Waals surface area (Å²) < 4.78 is 6.69. The molecule has 154 valence electrons. The lowest BCUT2D eigenvalue weighted by atomic mass is 9.83. The van der Waals surface area contributed by atoms with Gasteiger partial charge in [0.1, 0.15) is 5.69 Å². The van der Waals surface area contributed by atoms with Crippen LogP contribution >= 0.6 is 11.3 Å². The molecule has 4 heterocycles. The van der Waals surface area contributed by atoms with Gasteiger partial charge in [-0.1, -0.05) is 6.07 Å². The van der Waals surface area contributed by atoms with Gasteiger partial charge < -0.3 is 19.5 Å². The highest BCUT2D eigenvalue weighted by Crippen LogP contribution is 2.35. The molecule has 4 rings (SSSR count). The van der Waals surface area contributed by atoms with E-state index in [4.69, 9.17) is 4.74 Å². The van der Waals surface area contributed by atoms with E-state index in [2.05, 4.69) is 5.32 Å². The molecule has 1 fully saturated rings. The number of hydrogen-bond acceptors (Lipinski definition) is 5. The number of amides is 2. The molecule has 1 saturated heterocycles. The van der Waals surface area contributed by atoms with Crippen LogP contribution in [-0.4, -0.2) is 48.1 Å². The fourth-order valence-electron chi connectivity index (χ4n) is 4.33. The van der Waals surface area contributed by atoms with Crippen LogP contribution in [0.5, 0.6) is 0 Å². The molecule has 7 nitrogen and oxygen atoms in total. The first kappa shape index (κ1) is 19.8. The van der Waals surface area contributed by atoms with Crippen LogP contribution in [0.1, 0.15) is 29.3 Å². The van der Waals surface area contributed by atoms with E-state index < -0.39 is 0 Å². The Morgan fingerprint density at radius 1 is 1.24 bits per heavy atom. The largest absolute Gasteiger partial charge is 0.384 e. The first-order valence-electron chi connectivity index (χ1n) is 9.88. The second kappa shape index (κ2) is 8.51. The topological polar surface area (TPSA) is 80.6 Å². The molecule has 2 aromatic heterocycles. The van der Waals surface area contributed by atoms with E-state index in [0.29, 0.717) is 38.3 Å². The molecule has 2 atom stereocenters. The van der Waals surface area contributed by atoms with E-state index in [-0.39, 0.29) is 35.6 Å². The smallest absolute Gasteiger partial charge is 0.274 e. The van der Waals surface area contributed by atoms with Gasteiger partial charge in [0.25, 0.3) is 5.56 Å². The lowest BCUT2D eigenvalue weighted by Gasteiger charge is -2.43. The molecule has 2 unspecified atom stereocenters. The van der Waals surface area contributed by atoms with Crippen LogP contribution in [-0.2, 0) is 27.3 Å². The van der Waals surface area contributed by atoms with Crippen LogP contribution in [0.4, 0.5) is 5.69 Å². The van der Waals surface area contributed by atoms with E-state index in [9.17, 15) is 14.4 Å². The molecular formula is C21H25N3O4S. The third kappa shape index (κ3) is 4.28. The molecule has 2 amide bonds. The maximum Gasteiger partial charge on any atom is 0.274 e. The quantitative estimate of drug-likeness (QED) is 0.783. The van der Waals surface area contributed by atoms with Crippen molar-refractivity contribution in [3.8, 4) is 0 Å². The minimum Gasteiger partial charge on any atom is -0.384 e. The van der Waals surface area contributed by atoms with Gasteiger partial charge in [0.2, 0.25) is 11.8 Å². The Kier molecular flexibility index (Phi) is 5.82. The molecule has 2 aliphatic heterocycles. The number of likely N-dealkylation sites (tertiary alicyclic amines) is 1. The van der Waals surface area contributed by atoms with Gasteiger partial charge in [-0.3, -0.25) is 14.4 Å². The molecule has 2 aliphatic rings. The van der Waals surface area contributed by atoms with Crippen molar-refractivity contribution in [3.63, 3.8) is 0 Å². The Balaban J connectivity index is 1.49. The van der Waals surface area contributed by atoms with Gasteiger partial charge in [0, 0.05) is 43.2 Å². The monoisotopic (exact) mass is 415 g/mol. The van der Waals surface area contributed by atoms with Crippen LogP contribution in [0.3, 0.4) is 0 Å². The van der Waals surface area contributed by atoms with Gasteiger partial charge in [-0.25, -0.2) is 0 Å². The maximum absolute atomic E-state index is 12.9. The summed E-state index contributed by atoms with van der Waals surface area (Å²) in [5.41, 5.74) is 1.09. The summed E-state index contributed by atoms with van der Waals surface area (Å²) in [6.07, 6.45) is 1.64. The summed E-state index contributed by atoms with van der Waals surface area (Å²) in [5.74, 6) is 0.331. The van der Waals surface area contributed by atoms with Gasteiger partial charge >= 0.3 is 0 Å². The second-order valence-electron chi connectivity index (χ2n) is 7.73. The van der Waals surface area contributed by atoms with Crippen LogP contribution < -0.4 is 10.9 Å². The summed E-state index contributed by atoms with van der Waals surface area (Å²) >= 11 is 1.60. The number of hydrogen-bond donors (Lipinski definition) is 1. The van der Waals surface area contributed by atoms with E-state index in [1.165, 1.54) is 7.11 Å². The number of rotatable bonds is 6. The molecular weight excluding hydrogens is 390 g/mol. The summed E-state index contributed by atoms with van der Waals surface area (Å²) in [5, 5.41) is 4.68. The molecule has 0 radical (unpaired) electrons. The summed E-state index contributed by atoms with van der Waals surface area (Å²) in [4.78, 5) is 40.6. The Morgan fingerprint density at radius 2 is 2.10 bits per heavy atom. The first-order valence-corrected chi connectivity index (χ1v) is 10.8. The SMILES string of the molecule is COCCC(=O)Nc1ccc2n(c1=O)CC1CC2CN(C(=O)Cc2cccs2)C1. The number of pyridine rings is 1.